The Bertz CT molecular complexity index is 689. The molecule has 2 fully saturated rings. The van der Waals surface area contributed by atoms with Gasteiger partial charge in [0.15, 0.2) is 0 Å². The predicted molar refractivity (Wildman–Crippen MR) is 93.8 cm³/mol. The van der Waals surface area contributed by atoms with Crippen molar-refractivity contribution >= 4 is 17.0 Å². The molecule has 2 aromatic rings. The Morgan fingerprint density at radius 3 is 2.96 bits per heavy atom. The van der Waals surface area contributed by atoms with E-state index in [2.05, 4.69) is 10.2 Å². The Morgan fingerprint density at radius 1 is 1.33 bits per heavy atom. The summed E-state index contributed by atoms with van der Waals surface area (Å²) in [6.07, 6.45) is 3.92. The van der Waals surface area contributed by atoms with E-state index in [-0.39, 0.29) is 6.03 Å². The number of amides is 2. The lowest BCUT2D eigenvalue weighted by molar-refractivity contribution is 0.201. The Kier molecular flexibility index (Phi) is 4.19. The molecule has 2 amide bonds. The third-order valence-corrected chi connectivity index (χ3v) is 5.14. The predicted octanol–water partition coefficient (Wildman–Crippen LogP) is 3.06. The fourth-order valence-electron chi connectivity index (χ4n) is 3.59. The van der Waals surface area contributed by atoms with Crippen LogP contribution in [-0.4, -0.2) is 48.6 Å². The van der Waals surface area contributed by atoms with Crippen LogP contribution in [0.25, 0.3) is 11.0 Å². The second-order valence-corrected chi connectivity index (χ2v) is 7.17. The van der Waals surface area contributed by atoms with Crippen LogP contribution in [0, 0.1) is 5.92 Å². The summed E-state index contributed by atoms with van der Waals surface area (Å²) < 4.78 is 5.79. The number of fused-ring (bicyclic) bond motifs is 1. The van der Waals surface area contributed by atoms with Crippen LogP contribution in [0.15, 0.2) is 34.7 Å². The molecule has 2 aliphatic rings. The van der Waals surface area contributed by atoms with E-state index >= 15 is 0 Å². The number of carbonyl (C=O) groups excluding carboxylic acids is 1. The average molecular weight is 327 g/mol. The second-order valence-electron chi connectivity index (χ2n) is 7.17. The molecule has 1 saturated carbocycles. The summed E-state index contributed by atoms with van der Waals surface area (Å²) in [4.78, 5) is 16.6. The molecule has 1 saturated heterocycles. The number of hydrogen-bond acceptors (Lipinski definition) is 3. The van der Waals surface area contributed by atoms with Gasteiger partial charge in [-0.2, -0.15) is 0 Å². The maximum absolute atomic E-state index is 12.3. The van der Waals surface area contributed by atoms with E-state index in [0.29, 0.717) is 12.5 Å². The van der Waals surface area contributed by atoms with Crippen molar-refractivity contribution < 1.29 is 9.21 Å². The lowest BCUT2D eigenvalue weighted by Gasteiger charge is -2.19. The molecular weight excluding hydrogens is 302 g/mol. The lowest BCUT2D eigenvalue weighted by atomic mass is 10.1. The molecule has 0 unspecified atom stereocenters. The summed E-state index contributed by atoms with van der Waals surface area (Å²) in [5.41, 5.74) is 0.868. The number of benzene rings is 1. The van der Waals surface area contributed by atoms with E-state index in [1.54, 1.807) is 4.90 Å². The minimum atomic E-state index is -0.0275. The second kappa shape index (κ2) is 6.48. The molecule has 1 atom stereocenters. The van der Waals surface area contributed by atoms with Crippen LogP contribution in [0.5, 0.6) is 0 Å². The number of furan rings is 1. The van der Waals surface area contributed by atoms with Crippen LogP contribution in [0.3, 0.4) is 0 Å². The molecule has 1 aromatic carbocycles. The molecule has 0 radical (unpaired) electrons. The molecular formula is C19H25N3O2. The van der Waals surface area contributed by atoms with Crippen LogP contribution in [-0.2, 0) is 6.54 Å². The van der Waals surface area contributed by atoms with Crippen molar-refractivity contribution in [3.63, 3.8) is 0 Å². The van der Waals surface area contributed by atoms with Gasteiger partial charge in [-0.3, -0.25) is 0 Å². The van der Waals surface area contributed by atoms with Gasteiger partial charge in [-0.05, 0) is 43.9 Å². The topological polar surface area (TPSA) is 48.7 Å². The number of likely N-dealkylation sites (tertiary alicyclic amines) is 1. The van der Waals surface area contributed by atoms with Crippen molar-refractivity contribution in [2.75, 3.05) is 26.7 Å². The van der Waals surface area contributed by atoms with E-state index in [1.165, 1.54) is 25.8 Å². The van der Waals surface area contributed by atoms with Crippen LogP contribution >= 0.6 is 0 Å². The van der Waals surface area contributed by atoms with Crippen LogP contribution in [0.1, 0.15) is 25.0 Å². The van der Waals surface area contributed by atoms with Gasteiger partial charge in [0.2, 0.25) is 0 Å². The van der Waals surface area contributed by atoms with Gasteiger partial charge < -0.3 is 19.5 Å². The first-order valence-electron chi connectivity index (χ1n) is 8.89. The first kappa shape index (κ1) is 15.5. The van der Waals surface area contributed by atoms with E-state index in [9.17, 15) is 4.79 Å². The molecule has 24 heavy (non-hydrogen) atoms. The molecule has 4 rings (SSSR count). The van der Waals surface area contributed by atoms with Gasteiger partial charge in [-0.15, -0.1) is 0 Å². The quantitative estimate of drug-likeness (QED) is 0.918. The van der Waals surface area contributed by atoms with Gasteiger partial charge in [0.1, 0.15) is 11.3 Å². The highest BCUT2D eigenvalue weighted by Gasteiger charge is 2.34. The van der Waals surface area contributed by atoms with Gasteiger partial charge >= 0.3 is 6.03 Å². The van der Waals surface area contributed by atoms with Gasteiger partial charge in [-0.1, -0.05) is 18.2 Å². The van der Waals surface area contributed by atoms with Gasteiger partial charge in [-0.25, -0.2) is 4.79 Å². The zero-order valence-electron chi connectivity index (χ0n) is 14.2. The lowest BCUT2D eigenvalue weighted by Crippen LogP contribution is -2.39. The highest BCUT2D eigenvalue weighted by atomic mass is 16.3. The van der Waals surface area contributed by atoms with Gasteiger partial charge in [0, 0.05) is 31.6 Å². The van der Waals surface area contributed by atoms with Crippen LogP contribution < -0.4 is 5.32 Å². The molecule has 5 heteroatoms. The molecule has 5 nitrogen and oxygen atoms in total. The number of para-hydroxylation sites is 1. The van der Waals surface area contributed by atoms with Crippen molar-refractivity contribution in [3.05, 3.63) is 36.1 Å². The minimum absolute atomic E-state index is 0.0275. The maximum atomic E-state index is 12.3. The summed E-state index contributed by atoms with van der Waals surface area (Å²) in [6, 6.07) is 10.7. The Morgan fingerprint density at radius 2 is 2.17 bits per heavy atom. The van der Waals surface area contributed by atoms with Crippen molar-refractivity contribution in [2.24, 2.45) is 5.92 Å². The summed E-state index contributed by atoms with van der Waals surface area (Å²) in [7, 11) is 1.81. The van der Waals surface area contributed by atoms with Crippen LogP contribution in [0.2, 0.25) is 0 Å². The summed E-state index contributed by atoms with van der Waals surface area (Å²) >= 11 is 0. The average Bonchev–Trinajstić information content (AvgIpc) is 3.18. The van der Waals surface area contributed by atoms with Gasteiger partial charge in [0.05, 0.1) is 6.54 Å². The minimum Gasteiger partial charge on any atom is -0.459 e. The molecule has 1 N–H and O–H groups in total. The normalized spacial score (nSPS) is 21.3. The number of rotatable bonds is 5. The van der Waals surface area contributed by atoms with E-state index in [4.69, 9.17) is 4.42 Å². The summed E-state index contributed by atoms with van der Waals surface area (Å²) in [5.74, 6) is 1.41. The highest BCUT2D eigenvalue weighted by molar-refractivity contribution is 5.78. The highest BCUT2D eigenvalue weighted by Crippen LogP contribution is 2.31. The van der Waals surface area contributed by atoms with Crippen molar-refractivity contribution in [1.82, 2.24) is 15.1 Å². The molecule has 1 aromatic heterocycles. The van der Waals surface area contributed by atoms with Crippen molar-refractivity contribution in [2.45, 2.75) is 31.8 Å². The maximum Gasteiger partial charge on any atom is 0.317 e. The SMILES string of the molecule is CN(Cc1cc2ccccc2o1)C(=O)NC[C@@H]1CCN(C2CC2)C1. The molecule has 0 spiro atoms. The van der Waals surface area contributed by atoms with E-state index < -0.39 is 0 Å². The van der Waals surface area contributed by atoms with Crippen molar-refractivity contribution in [1.29, 1.82) is 0 Å². The Labute approximate surface area is 142 Å². The molecule has 0 bridgehead atoms. The fraction of sp³-hybridized carbons (Fsp3) is 0.526. The largest absolute Gasteiger partial charge is 0.459 e. The zero-order chi connectivity index (χ0) is 16.5. The Hall–Kier alpha value is -2.01. The summed E-state index contributed by atoms with van der Waals surface area (Å²) in [6.45, 7) is 3.59. The number of urea groups is 1. The zero-order valence-corrected chi connectivity index (χ0v) is 14.2. The summed E-state index contributed by atoms with van der Waals surface area (Å²) in [5, 5.41) is 4.15. The first-order chi connectivity index (χ1) is 11.7. The molecule has 1 aliphatic carbocycles. The van der Waals surface area contributed by atoms with Crippen LogP contribution in [0.4, 0.5) is 4.79 Å². The van der Waals surface area contributed by atoms with Crippen molar-refractivity contribution in [3.8, 4) is 0 Å². The smallest absolute Gasteiger partial charge is 0.317 e. The molecule has 2 heterocycles. The Balaban J connectivity index is 1.26. The number of hydrogen-bond donors (Lipinski definition) is 1. The first-order valence-corrected chi connectivity index (χ1v) is 8.89. The molecule has 128 valence electrons. The number of nitrogens with zero attached hydrogens (tertiary/aromatic N) is 2. The monoisotopic (exact) mass is 327 g/mol. The third-order valence-electron chi connectivity index (χ3n) is 5.14. The number of nitrogens with one attached hydrogen (secondary N) is 1. The van der Waals surface area contributed by atoms with E-state index in [0.717, 1.165) is 35.9 Å². The molecule has 1 aliphatic heterocycles. The van der Waals surface area contributed by atoms with Gasteiger partial charge in [0.25, 0.3) is 0 Å². The fourth-order valence-corrected chi connectivity index (χ4v) is 3.59. The third kappa shape index (κ3) is 3.41. The number of carbonyl (C=O) groups is 1. The van der Waals surface area contributed by atoms with E-state index in [1.807, 2.05) is 37.4 Å². The standard InChI is InChI=1S/C19H25N3O2/c1-21(13-17-10-15-4-2-3-5-18(15)24-17)19(23)20-11-14-8-9-22(12-14)16-6-7-16/h2-5,10,14,16H,6-9,11-13H2,1H3,(H,20,23)/t14-/m0/s1.